The number of hydrogen-bond donors (Lipinski definition) is 1. The number of carbonyl (C=O) groups is 2. The van der Waals surface area contributed by atoms with Gasteiger partial charge in [-0.05, 0) is 12.1 Å². The van der Waals surface area contributed by atoms with Crippen LogP contribution in [0.2, 0.25) is 0 Å². The number of anilines is 1. The van der Waals surface area contributed by atoms with Gasteiger partial charge in [-0.25, -0.2) is 0 Å². The molecule has 1 aliphatic rings. The Morgan fingerprint density at radius 3 is 2.80 bits per heavy atom. The fraction of sp³-hybridized carbons (Fsp3) is 0.0909. The minimum absolute atomic E-state index is 0.000463. The fourth-order valence-corrected chi connectivity index (χ4v) is 1.55. The van der Waals surface area contributed by atoms with Gasteiger partial charge >= 0.3 is 0 Å². The van der Waals surface area contributed by atoms with Crippen LogP contribution in [0.25, 0.3) is 0 Å². The Labute approximate surface area is 87.2 Å². The lowest BCUT2D eigenvalue weighted by molar-refractivity contribution is -0.117. The zero-order chi connectivity index (χ0) is 10.8. The molecule has 0 saturated carbocycles. The molecule has 0 aliphatic carbocycles. The van der Waals surface area contributed by atoms with Gasteiger partial charge in [0.2, 0.25) is 5.91 Å². The molecule has 0 saturated heterocycles. The summed E-state index contributed by atoms with van der Waals surface area (Å²) in [4.78, 5) is 24.6. The quantitative estimate of drug-likeness (QED) is 0.735. The van der Waals surface area contributed by atoms with Crippen LogP contribution in [0, 0.1) is 0 Å². The Hall–Kier alpha value is -2.10. The van der Waals surface area contributed by atoms with Crippen LogP contribution in [-0.4, -0.2) is 18.4 Å². The molecule has 2 rings (SSSR count). The van der Waals surface area contributed by atoms with Gasteiger partial charge in [-0.15, -0.1) is 0 Å². The number of fused-ring (bicyclic) bond motifs is 1. The van der Waals surface area contributed by atoms with Crippen LogP contribution in [0.4, 0.5) is 5.69 Å². The van der Waals surface area contributed by atoms with E-state index in [0.29, 0.717) is 11.3 Å². The molecule has 1 heterocycles. The van der Waals surface area contributed by atoms with Crippen LogP contribution in [0.3, 0.4) is 0 Å². The van der Waals surface area contributed by atoms with Gasteiger partial charge in [-0.1, -0.05) is 18.7 Å². The predicted molar refractivity (Wildman–Crippen MR) is 56.5 cm³/mol. The lowest BCUT2D eigenvalue weighted by Gasteiger charge is -2.16. The van der Waals surface area contributed by atoms with E-state index in [2.05, 4.69) is 11.9 Å². The van der Waals surface area contributed by atoms with E-state index in [1.165, 1.54) is 11.1 Å². The van der Waals surface area contributed by atoms with E-state index in [1.807, 2.05) is 0 Å². The van der Waals surface area contributed by atoms with Crippen molar-refractivity contribution in [3.05, 3.63) is 42.6 Å². The second-order valence-corrected chi connectivity index (χ2v) is 3.15. The second kappa shape index (κ2) is 3.57. The van der Waals surface area contributed by atoms with E-state index in [4.69, 9.17) is 0 Å². The molecule has 1 N–H and O–H groups in total. The first-order chi connectivity index (χ1) is 7.24. The second-order valence-electron chi connectivity index (χ2n) is 3.15. The molecule has 0 radical (unpaired) electrons. The van der Waals surface area contributed by atoms with Crippen LogP contribution in [0.5, 0.6) is 0 Å². The lowest BCUT2D eigenvalue weighted by Crippen LogP contribution is -2.32. The van der Waals surface area contributed by atoms with Crippen molar-refractivity contribution in [2.45, 2.75) is 0 Å². The Balaban J connectivity index is 2.60. The molecule has 1 aromatic rings. The SMILES string of the molecule is C=CN1C(=O)CNC(=O)c2ccccc21. The summed E-state index contributed by atoms with van der Waals surface area (Å²) in [7, 11) is 0. The normalized spacial score (nSPS) is 15.3. The van der Waals surface area contributed by atoms with Crippen LogP contribution in [0.1, 0.15) is 10.4 Å². The van der Waals surface area contributed by atoms with E-state index >= 15 is 0 Å². The molecular weight excluding hydrogens is 192 g/mol. The maximum absolute atomic E-state index is 11.6. The van der Waals surface area contributed by atoms with Crippen molar-refractivity contribution < 1.29 is 9.59 Å². The average molecular weight is 202 g/mol. The minimum Gasteiger partial charge on any atom is -0.343 e. The third kappa shape index (κ3) is 1.50. The number of carbonyl (C=O) groups excluding carboxylic acids is 2. The Kier molecular flexibility index (Phi) is 2.25. The molecule has 0 bridgehead atoms. The molecular formula is C11H10N2O2. The van der Waals surface area contributed by atoms with Gasteiger partial charge in [0.05, 0.1) is 17.8 Å². The highest BCUT2D eigenvalue weighted by molar-refractivity contribution is 6.10. The van der Waals surface area contributed by atoms with Gasteiger partial charge in [-0.3, -0.25) is 14.5 Å². The first-order valence-corrected chi connectivity index (χ1v) is 4.56. The molecule has 4 heteroatoms. The fourth-order valence-electron chi connectivity index (χ4n) is 1.55. The number of benzene rings is 1. The van der Waals surface area contributed by atoms with Crippen LogP contribution in [0.15, 0.2) is 37.0 Å². The highest BCUT2D eigenvalue weighted by Crippen LogP contribution is 2.22. The van der Waals surface area contributed by atoms with Crippen molar-refractivity contribution in [3.63, 3.8) is 0 Å². The van der Waals surface area contributed by atoms with Crippen molar-refractivity contribution in [3.8, 4) is 0 Å². The van der Waals surface area contributed by atoms with Gasteiger partial charge in [0, 0.05) is 6.20 Å². The molecule has 0 atom stereocenters. The summed E-state index contributed by atoms with van der Waals surface area (Å²) in [5.41, 5.74) is 1.07. The molecule has 4 nitrogen and oxygen atoms in total. The first kappa shape index (κ1) is 9.45. The van der Waals surface area contributed by atoms with Gasteiger partial charge in [0.1, 0.15) is 0 Å². The maximum atomic E-state index is 11.6. The Morgan fingerprint density at radius 2 is 2.07 bits per heavy atom. The smallest absolute Gasteiger partial charge is 0.253 e. The van der Waals surface area contributed by atoms with Crippen molar-refractivity contribution in [1.82, 2.24) is 5.32 Å². The highest BCUT2D eigenvalue weighted by Gasteiger charge is 2.23. The number of nitrogens with zero attached hydrogens (tertiary/aromatic N) is 1. The predicted octanol–water partition coefficient (Wildman–Crippen LogP) is 0.906. The summed E-state index contributed by atoms with van der Waals surface area (Å²) in [6.45, 7) is 3.57. The lowest BCUT2D eigenvalue weighted by atomic mass is 10.1. The van der Waals surface area contributed by atoms with Crippen molar-refractivity contribution >= 4 is 17.5 Å². The van der Waals surface area contributed by atoms with Gasteiger partial charge in [0.25, 0.3) is 5.91 Å². The molecule has 1 aromatic carbocycles. The number of para-hydroxylation sites is 1. The van der Waals surface area contributed by atoms with E-state index in [1.54, 1.807) is 24.3 Å². The first-order valence-electron chi connectivity index (χ1n) is 4.56. The van der Waals surface area contributed by atoms with Crippen molar-refractivity contribution in [2.75, 3.05) is 11.4 Å². The van der Waals surface area contributed by atoms with E-state index in [-0.39, 0.29) is 18.4 Å². The summed E-state index contributed by atoms with van der Waals surface area (Å²) >= 11 is 0. The van der Waals surface area contributed by atoms with Crippen LogP contribution < -0.4 is 10.2 Å². The number of nitrogens with one attached hydrogen (secondary N) is 1. The topological polar surface area (TPSA) is 49.4 Å². The van der Waals surface area contributed by atoms with Gasteiger partial charge < -0.3 is 5.32 Å². The zero-order valence-electron chi connectivity index (χ0n) is 8.06. The number of amides is 2. The standard InChI is InChI=1S/C11H10N2O2/c1-2-13-9-6-4-3-5-8(9)11(15)12-7-10(13)14/h2-6H,1,7H2,(H,12,15). The molecule has 2 amide bonds. The third-order valence-electron chi connectivity index (χ3n) is 2.26. The molecule has 76 valence electrons. The Bertz CT molecular complexity index is 440. The largest absolute Gasteiger partial charge is 0.343 e. The monoisotopic (exact) mass is 202 g/mol. The van der Waals surface area contributed by atoms with E-state index < -0.39 is 0 Å². The zero-order valence-corrected chi connectivity index (χ0v) is 8.06. The summed E-state index contributed by atoms with van der Waals surface area (Å²) in [5.74, 6) is -0.424. The van der Waals surface area contributed by atoms with Crippen LogP contribution >= 0.6 is 0 Å². The highest BCUT2D eigenvalue weighted by atomic mass is 16.2. The molecule has 15 heavy (non-hydrogen) atoms. The maximum Gasteiger partial charge on any atom is 0.253 e. The summed E-state index contributed by atoms with van der Waals surface area (Å²) in [6, 6.07) is 6.94. The van der Waals surface area contributed by atoms with Gasteiger partial charge in [0.15, 0.2) is 0 Å². The Morgan fingerprint density at radius 1 is 1.33 bits per heavy atom. The average Bonchev–Trinajstić information content (AvgIpc) is 2.38. The molecule has 0 spiro atoms. The van der Waals surface area contributed by atoms with E-state index in [0.717, 1.165) is 0 Å². The molecule has 1 aliphatic heterocycles. The molecule has 0 unspecified atom stereocenters. The van der Waals surface area contributed by atoms with E-state index in [9.17, 15) is 9.59 Å². The molecule has 0 aromatic heterocycles. The summed E-state index contributed by atoms with van der Waals surface area (Å²) in [6.07, 6.45) is 1.42. The summed E-state index contributed by atoms with van der Waals surface area (Å²) < 4.78 is 0. The van der Waals surface area contributed by atoms with Crippen molar-refractivity contribution in [1.29, 1.82) is 0 Å². The summed E-state index contributed by atoms with van der Waals surface area (Å²) in [5, 5.41) is 2.54. The number of hydrogen-bond acceptors (Lipinski definition) is 2. The number of rotatable bonds is 1. The van der Waals surface area contributed by atoms with Gasteiger partial charge in [-0.2, -0.15) is 0 Å². The van der Waals surface area contributed by atoms with Crippen molar-refractivity contribution in [2.24, 2.45) is 0 Å². The van der Waals surface area contributed by atoms with Crippen LogP contribution in [-0.2, 0) is 4.79 Å². The molecule has 0 fully saturated rings. The minimum atomic E-state index is -0.233. The third-order valence-corrected chi connectivity index (χ3v) is 2.26.